The number of nitrogens with one attached hydrogen (secondary N) is 1. The van der Waals surface area contributed by atoms with Gasteiger partial charge in [-0.3, -0.25) is 4.79 Å². The summed E-state index contributed by atoms with van der Waals surface area (Å²) >= 11 is 3.29. The van der Waals surface area contributed by atoms with Gasteiger partial charge in [0.2, 0.25) is 0 Å². The molecule has 0 saturated heterocycles. The fourth-order valence-electron chi connectivity index (χ4n) is 1.18. The average Bonchev–Trinajstić information content (AvgIpc) is 2.28. The summed E-state index contributed by atoms with van der Waals surface area (Å²) in [5, 5.41) is 2.98. The zero-order valence-electron chi connectivity index (χ0n) is 9.09. The molecule has 1 unspecified atom stereocenters. The standard InChI is InChI=1S/C11H13BrFNO2/c1-7(11(15)16-2)6-14-10-5-8(13)3-4-9(10)12/h3-5,7,14H,6H2,1-2H3. The summed E-state index contributed by atoms with van der Waals surface area (Å²) in [5.41, 5.74) is 0.621. The van der Waals surface area contributed by atoms with E-state index in [1.54, 1.807) is 13.0 Å². The Bertz CT molecular complexity index is 384. The maximum absolute atomic E-state index is 12.9. The summed E-state index contributed by atoms with van der Waals surface area (Å²) in [6.45, 7) is 2.14. The van der Waals surface area contributed by atoms with Gasteiger partial charge in [-0.15, -0.1) is 0 Å². The summed E-state index contributed by atoms with van der Waals surface area (Å²) < 4.78 is 18.3. The van der Waals surface area contributed by atoms with Crippen LogP contribution in [0.15, 0.2) is 22.7 Å². The lowest BCUT2D eigenvalue weighted by molar-refractivity contribution is -0.144. The number of ether oxygens (including phenoxy) is 1. The van der Waals surface area contributed by atoms with Crippen LogP contribution in [0.2, 0.25) is 0 Å². The molecule has 0 spiro atoms. The molecule has 0 aliphatic carbocycles. The van der Waals surface area contributed by atoms with E-state index in [4.69, 9.17) is 0 Å². The van der Waals surface area contributed by atoms with Gasteiger partial charge in [-0.1, -0.05) is 6.92 Å². The van der Waals surface area contributed by atoms with E-state index in [0.29, 0.717) is 12.2 Å². The molecule has 88 valence electrons. The number of carbonyl (C=O) groups excluding carboxylic acids is 1. The van der Waals surface area contributed by atoms with E-state index in [1.807, 2.05) is 0 Å². The summed E-state index contributed by atoms with van der Waals surface area (Å²) in [7, 11) is 1.34. The monoisotopic (exact) mass is 289 g/mol. The second-order valence-electron chi connectivity index (χ2n) is 3.43. The molecule has 0 aliphatic rings. The highest BCUT2D eigenvalue weighted by molar-refractivity contribution is 9.10. The zero-order valence-corrected chi connectivity index (χ0v) is 10.7. The molecule has 3 nitrogen and oxygen atoms in total. The van der Waals surface area contributed by atoms with Crippen molar-refractivity contribution in [1.29, 1.82) is 0 Å². The van der Waals surface area contributed by atoms with Crippen LogP contribution in [0.3, 0.4) is 0 Å². The molecule has 5 heteroatoms. The predicted octanol–water partition coefficient (Wildman–Crippen LogP) is 2.81. The fourth-order valence-corrected chi connectivity index (χ4v) is 1.57. The van der Waals surface area contributed by atoms with Crippen molar-refractivity contribution in [2.24, 2.45) is 5.92 Å². The van der Waals surface area contributed by atoms with Gasteiger partial charge in [0.1, 0.15) is 5.82 Å². The Hall–Kier alpha value is -1.10. The first-order valence-corrected chi connectivity index (χ1v) is 5.60. The van der Waals surface area contributed by atoms with Crippen LogP contribution in [0.1, 0.15) is 6.92 Å². The lowest BCUT2D eigenvalue weighted by Gasteiger charge is -2.12. The van der Waals surface area contributed by atoms with E-state index >= 15 is 0 Å². The highest BCUT2D eigenvalue weighted by atomic mass is 79.9. The van der Waals surface area contributed by atoms with Crippen LogP contribution in [0.5, 0.6) is 0 Å². The Kier molecular flexibility index (Phi) is 4.73. The molecule has 0 aromatic heterocycles. The molecule has 1 rings (SSSR count). The quantitative estimate of drug-likeness (QED) is 0.867. The lowest BCUT2D eigenvalue weighted by atomic mass is 10.2. The van der Waals surface area contributed by atoms with Crippen molar-refractivity contribution in [2.75, 3.05) is 19.0 Å². The van der Waals surface area contributed by atoms with Gasteiger partial charge in [0.25, 0.3) is 0 Å². The molecule has 0 heterocycles. The number of benzene rings is 1. The van der Waals surface area contributed by atoms with E-state index in [1.165, 1.54) is 19.2 Å². The molecule has 0 bridgehead atoms. The minimum Gasteiger partial charge on any atom is -0.469 e. The number of carbonyl (C=O) groups is 1. The Morgan fingerprint density at radius 3 is 2.94 bits per heavy atom. The van der Waals surface area contributed by atoms with Crippen molar-refractivity contribution in [3.63, 3.8) is 0 Å². The molecule has 0 amide bonds. The summed E-state index contributed by atoms with van der Waals surface area (Å²) in [6, 6.07) is 4.34. The number of hydrogen-bond acceptors (Lipinski definition) is 3. The minimum atomic E-state index is -0.323. The molecular formula is C11H13BrFNO2. The van der Waals surface area contributed by atoms with Gasteiger partial charge in [-0.25, -0.2) is 4.39 Å². The van der Waals surface area contributed by atoms with Gasteiger partial charge in [0, 0.05) is 11.0 Å². The Morgan fingerprint density at radius 1 is 1.62 bits per heavy atom. The first-order valence-electron chi connectivity index (χ1n) is 4.81. The molecule has 0 saturated carbocycles. The topological polar surface area (TPSA) is 38.3 Å². The fraction of sp³-hybridized carbons (Fsp3) is 0.364. The average molecular weight is 290 g/mol. The maximum Gasteiger partial charge on any atom is 0.310 e. The molecule has 1 atom stereocenters. The van der Waals surface area contributed by atoms with Crippen LogP contribution in [-0.4, -0.2) is 19.6 Å². The number of esters is 1. The number of halogens is 2. The van der Waals surface area contributed by atoms with Crippen LogP contribution in [0.25, 0.3) is 0 Å². The Labute approximate surface area is 102 Å². The Morgan fingerprint density at radius 2 is 2.31 bits per heavy atom. The van der Waals surface area contributed by atoms with Gasteiger partial charge >= 0.3 is 5.97 Å². The van der Waals surface area contributed by atoms with Crippen molar-refractivity contribution in [3.8, 4) is 0 Å². The number of rotatable bonds is 4. The molecule has 1 N–H and O–H groups in total. The predicted molar refractivity (Wildman–Crippen MR) is 63.8 cm³/mol. The molecule has 0 fully saturated rings. The minimum absolute atomic E-state index is 0.278. The van der Waals surface area contributed by atoms with E-state index in [-0.39, 0.29) is 17.7 Å². The Balaban J connectivity index is 2.60. The largest absolute Gasteiger partial charge is 0.469 e. The normalized spacial score (nSPS) is 12.0. The molecule has 0 aliphatic heterocycles. The van der Waals surface area contributed by atoms with E-state index in [2.05, 4.69) is 26.0 Å². The van der Waals surface area contributed by atoms with Crippen molar-refractivity contribution in [3.05, 3.63) is 28.5 Å². The van der Waals surface area contributed by atoms with Gasteiger partial charge in [-0.05, 0) is 34.1 Å². The summed E-state index contributed by atoms with van der Waals surface area (Å²) in [6.07, 6.45) is 0. The lowest BCUT2D eigenvalue weighted by Crippen LogP contribution is -2.21. The van der Waals surface area contributed by atoms with Gasteiger partial charge in [0.05, 0.1) is 18.7 Å². The van der Waals surface area contributed by atoms with Crippen molar-refractivity contribution in [2.45, 2.75) is 6.92 Å². The maximum atomic E-state index is 12.9. The molecular weight excluding hydrogens is 277 g/mol. The van der Waals surface area contributed by atoms with Crippen LogP contribution in [0, 0.1) is 11.7 Å². The first-order chi connectivity index (χ1) is 7.54. The smallest absolute Gasteiger partial charge is 0.310 e. The third-order valence-electron chi connectivity index (χ3n) is 2.13. The molecule has 1 aromatic carbocycles. The number of hydrogen-bond donors (Lipinski definition) is 1. The van der Waals surface area contributed by atoms with Crippen LogP contribution >= 0.6 is 15.9 Å². The molecule has 0 radical (unpaired) electrons. The van der Waals surface area contributed by atoms with Gasteiger partial charge in [0.15, 0.2) is 0 Å². The van der Waals surface area contributed by atoms with Gasteiger partial charge in [-0.2, -0.15) is 0 Å². The molecule has 1 aromatic rings. The third-order valence-corrected chi connectivity index (χ3v) is 2.82. The highest BCUT2D eigenvalue weighted by Gasteiger charge is 2.13. The van der Waals surface area contributed by atoms with Crippen LogP contribution in [-0.2, 0) is 9.53 Å². The van der Waals surface area contributed by atoms with E-state index in [0.717, 1.165) is 4.47 Å². The molecule has 16 heavy (non-hydrogen) atoms. The van der Waals surface area contributed by atoms with Crippen molar-refractivity contribution < 1.29 is 13.9 Å². The zero-order chi connectivity index (χ0) is 12.1. The van der Waals surface area contributed by atoms with Gasteiger partial charge < -0.3 is 10.1 Å². The van der Waals surface area contributed by atoms with E-state index < -0.39 is 0 Å². The third kappa shape index (κ3) is 3.48. The highest BCUT2D eigenvalue weighted by Crippen LogP contribution is 2.23. The number of anilines is 1. The second-order valence-corrected chi connectivity index (χ2v) is 4.28. The second kappa shape index (κ2) is 5.84. The number of methoxy groups -OCH3 is 1. The SMILES string of the molecule is COC(=O)C(C)CNc1cc(F)ccc1Br. The van der Waals surface area contributed by atoms with Crippen molar-refractivity contribution in [1.82, 2.24) is 0 Å². The van der Waals surface area contributed by atoms with Crippen LogP contribution in [0.4, 0.5) is 10.1 Å². The van der Waals surface area contributed by atoms with Crippen LogP contribution < -0.4 is 5.32 Å². The first kappa shape index (κ1) is 13.0. The van der Waals surface area contributed by atoms with Crippen molar-refractivity contribution >= 4 is 27.6 Å². The summed E-state index contributed by atoms with van der Waals surface area (Å²) in [4.78, 5) is 11.1. The van der Waals surface area contributed by atoms with E-state index in [9.17, 15) is 9.18 Å². The summed E-state index contributed by atoms with van der Waals surface area (Å²) in [5.74, 6) is -0.892.